The van der Waals surface area contributed by atoms with Gasteiger partial charge >= 0.3 is 0 Å². The smallest absolute Gasteiger partial charge is 0.0649 e. The minimum Gasteiger partial charge on any atom is -0.392 e. The molecule has 0 radical (unpaired) electrons. The molecular formula is C19H20O2. The van der Waals surface area contributed by atoms with Crippen LogP contribution in [-0.4, -0.2) is 22.4 Å². The Morgan fingerprint density at radius 1 is 0.714 bits per heavy atom. The molecule has 0 saturated carbocycles. The van der Waals surface area contributed by atoms with Gasteiger partial charge in [0.25, 0.3) is 0 Å². The highest BCUT2D eigenvalue weighted by Crippen LogP contribution is 2.44. The minimum absolute atomic E-state index is 0.145. The number of fused-ring (bicyclic) bond motifs is 2. The van der Waals surface area contributed by atoms with Gasteiger partial charge in [-0.05, 0) is 41.5 Å². The fourth-order valence-corrected chi connectivity index (χ4v) is 4.15. The summed E-state index contributed by atoms with van der Waals surface area (Å²) in [5.74, 6) is 0.291. The van der Waals surface area contributed by atoms with E-state index in [9.17, 15) is 10.2 Å². The van der Waals surface area contributed by atoms with Gasteiger partial charge in [0.15, 0.2) is 0 Å². The second-order valence-corrected chi connectivity index (χ2v) is 6.39. The summed E-state index contributed by atoms with van der Waals surface area (Å²) in [5, 5.41) is 20.8. The van der Waals surface area contributed by atoms with Crippen molar-refractivity contribution in [3.8, 4) is 0 Å². The van der Waals surface area contributed by atoms with Crippen LogP contribution < -0.4 is 0 Å². The minimum atomic E-state index is -0.317. The number of hydrogen-bond acceptors (Lipinski definition) is 2. The molecule has 0 amide bonds. The van der Waals surface area contributed by atoms with Gasteiger partial charge in [-0.1, -0.05) is 48.5 Å². The molecule has 0 heterocycles. The summed E-state index contributed by atoms with van der Waals surface area (Å²) >= 11 is 0. The van der Waals surface area contributed by atoms with Crippen molar-refractivity contribution >= 4 is 0 Å². The first kappa shape index (κ1) is 13.1. The molecule has 21 heavy (non-hydrogen) atoms. The second kappa shape index (κ2) is 4.97. The number of aliphatic hydroxyl groups is 2. The van der Waals surface area contributed by atoms with Crippen LogP contribution in [0.15, 0.2) is 48.5 Å². The molecule has 2 N–H and O–H groups in total. The summed E-state index contributed by atoms with van der Waals surface area (Å²) in [7, 11) is 0. The van der Waals surface area contributed by atoms with Gasteiger partial charge in [0.1, 0.15) is 0 Å². The molecule has 2 nitrogen and oxygen atoms in total. The van der Waals surface area contributed by atoms with Crippen LogP contribution in [0.25, 0.3) is 0 Å². The maximum Gasteiger partial charge on any atom is 0.0649 e. The van der Waals surface area contributed by atoms with Crippen molar-refractivity contribution in [1.29, 1.82) is 0 Å². The molecule has 2 aliphatic rings. The third kappa shape index (κ3) is 2.10. The molecule has 0 aliphatic heterocycles. The summed E-state index contributed by atoms with van der Waals surface area (Å²) in [4.78, 5) is 0. The van der Waals surface area contributed by atoms with Crippen LogP contribution in [-0.2, 0) is 12.8 Å². The number of aliphatic hydroxyl groups excluding tert-OH is 2. The first-order chi connectivity index (χ1) is 10.2. The molecule has 4 atom stereocenters. The topological polar surface area (TPSA) is 40.5 Å². The van der Waals surface area contributed by atoms with E-state index in [0.29, 0.717) is 0 Å². The maximum atomic E-state index is 10.4. The lowest BCUT2D eigenvalue weighted by molar-refractivity contribution is 0.117. The highest BCUT2D eigenvalue weighted by molar-refractivity contribution is 5.40. The lowest BCUT2D eigenvalue weighted by atomic mass is 9.85. The van der Waals surface area contributed by atoms with Gasteiger partial charge in [-0.25, -0.2) is 0 Å². The quantitative estimate of drug-likeness (QED) is 0.888. The molecular weight excluding hydrogens is 260 g/mol. The first-order valence-electron chi connectivity index (χ1n) is 7.76. The number of benzene rings is 2. The van der Waals surface area contributed by atoms with Gasteiger partial charge in [0, 0.05) is 11.8 Å². The molecule has 0 aromatic heterocycles. The summed E-state index contributed by atoms with van der Waals surface area (Å²) in [6.07, 6.45) is 1.68. The number of rotatable bonds is 2. The fourth-order valence-electron chi connectivity index (χ4n) is 4.15. The molecule has 108 valence electrons. The molecule has 2 aromatic rings. The molecule has 0 saturated heterocycles. The summed E-state index contributed by atoms with van der Waals surface area (Å²) in [5.41, 5.74) is 5.05. The Hall–Kier alpha value is -1.64. The van der Waals surface area contributed by atoms with Gasteiger partial charge in [-0.3, -0.25) is 0 Å². The summed E-state index contributed by atoms with van der Waals surface area (Å²) in [6, 6.07) is 16.6. The van der Waals surface area contributed by atoms with E-state index in [2.05, 4.69) is 24.3 Å². The Morgan fingerprint density at radius 2 is 1.14 bits per heavy atom. The van der Waals surface area contributed by atoms with Crippen LogP contribution >= 0.6 is 0 Å². The average Bonchev–Trinajstić information content (AvgIpc) is 2.97. The molecule has 4 rings (SSSR count). The molecule has 2 aliphatic carbocycles. The van der Waals surface area contributed by atoms with Crippen LogP contribution in [0, 0.1) is 0 Å². The van der Waals surface area contributed by atoms with Crippen molar-refractivity contribution in [2.45, 2.75) is 43.3 Å². The van der Waals surface area contributed by atoms with E-state index in [4.69, 9.17) is 0 Å². The second-order valence-electron chi connectivity index (χ2n) is 6.39. The largest absolute Gasteiger partial charge is 0.392 e. The van der Waals surface area contributed by atoms with Crippen molar-refractivity contribution in [1.82, 2.24) is 0 Å². The van der Waals surface area contributed by atoms with Crippen molar-refractivity contribution < 1.29 is 10.2 Å². The highest BCUT2D eigenvalue weighted by Gasteiger charge is 2.38. The lowest BCUT2D eigenvalue weighted by Crippen LogP contribution is -2.21. The number of hydrogen-bond donors (Lipinski definition) is 2. The van der Waals surface area contributed by atoms with E-state index in [-0.39, 0.29) is 24.0 Å². The normalized spacial score (nSPS) is 30.2. The van der Waals surface area contributed by atoms with Crippen LogP contribution in [0.2, 0.25) is 0 Å². The van der Waals surface area contributed by atoms with Crippen LogP contribution in [0.1, 0.15) is 40.5 Å². The maximum absolute atomic E-state index is 10.4. The highest BCUT2D eigenvalue weighted by atomic mass is 16.3. The third-order valence-corrected chi connectivity index (χ3v) is 5.20. The van der Waals surface area contributed by atoms with E-state index < -0.39 is 0 Å². The fraction of sp³-hybridized carbons (Fsp3) is 0.368. The SMILES string of the molecule is O[C@H]1Cc2ccccc2[C@@H]1C[C@H]1c2ccccc2C[C@@H]1O. The van der Waals surface area contributed by atoms with E-state index in [1.54, 1.807) is 0 Å². The Kier molecular flexibility index (Phi) is 3.09. The lowest BCUT2D eigenvalue weighted by Gasteiger charge is -2.23. The van der Waals surface area contributed by atoms with Crippen molar-refractivity contribution in [2.24, 2.45) is 0 Å². The Balaban J connectivity index is 1.65. The third-order valence-electron chi connectivity index (χ3n) is 5.20. The van der Waals surface area contributed by atoms with Gasteiger partial charge in [0.2, 0.25) is 0 Å². The Bertz CT molecular complexity index is 607. The predicted octanol–water partition coefficient (Wildman–Crippen LogP) is 2.78. The van der Waals surface area contributed by atoms with Gasteiger partial charge in [-0.2, -0.15) is 0 Å². The molecule has 2 aromatic carbocycles. The molecule has 0 bridgehead atoms. The van der Waals surface area contributed by atoms with Crippen LogP contribution in [0.3, 0.4) is 0 Å². The zero-order valence-electron chi connectivity index (χ0n) is 11.9. The Morgan fingerprint density at radius 3 is 1.62 bits per heavy atom. The van der Waals surface area contributed by atoms with E-state index >= 15 is 0 Å². The van der Waals surface area contributed by atoms with E-state index in [1.807, 2.05) is 24.3 Å². The van der Waals surface area contributed by atoms with Gasteiger partial charge in [0.05, 0.1) is 12.2 Å². The average molecular weight is 280 g/mol. The molecule has 0 unspecified atom stereocenters. The Labute approximate surface area is 125 Å². The molecule has 2 heteroatoms. The van der Waals surface area contributed by atoms with Gasteiger partial charge in [-0.15, -0.1) is 0 Å². The standard InChI is InChI=1S/C19H20O2/c20-18-9-12-5-1-3-7-14(12)16(18)11-17-15-8-4-2-6-13(15)10-19(17)21/h1-8,16-21H,9-11H2/t16-,17-,18-,19-/m0/s1. The summed E-state index contributed by atoms with van der Waals surface area (Å²) in [6.45, 7) is 0. The van der Waals surface area contributed by atoms with Crippen LogP contribution in [0.4, 0.5) is 0 Å². The van der Waals surface area contributed by atoms with Crippen molar-refractivity contribution in [3.63, 3.8) is 0 Å². The van der Waals surface area contributed by atoms with E-state index in [0.717, 1.165) is 19.3 Å². The zero-order chi connectivity index (χ0) is 14.4. The first-order valence-corrected chi connectivity index (χ1v) is 7.76. The summed E-state index contributed by atoms with van der Waals surface area (Å²) < 4.78 is 0. The van der Waals surface area contributed by atoms with Gasteiger partial charge < -0.3 is 10.2 Å². The monoisotopic (exact) mass is 280 g/mol. The predicted molar refractivity (Wildman–Crippen MR) is 82.4 cm³/mol. The van der Waals surface area contributed by atoms with Crippen molar-refractivity contribution in [2.75, 3.05) is 0 Å². The van der Waals surface area contributed by atoms with E-state index in [1.165, 1.54) is 22.3 Å². The van der Waals surface area contributed by atoms with Crippen molar-refractivity contribution in [3.05, 3.63) is 70.8 Å². The molecule has 0 spiro atoms. The zero-order valence-corrected chi connectivity index (χ0v) is 11.9. The molecule has 0 fully saturated rings. The van der Waals surface area contributed by atoms with Crippen LogP contribution in [0.5, 0.6) is 0 Å².